The number of para-hydroxylation sites is 1. The summed E-state index contributed by atoms with van der Waals surface area (Å²) in [6.07, 6.45) is 2.98. The Hall–Kier alpha value is -4.72. The first-order valence-electron chi connectivity index (χ1n) is 13.7. The lowest BCUT2D eigenvalue weighted by Gasteiger charge is -2.19. The van der Waals surface area contributed by atoms with Crippen molar-refractivity contribution in [3.05, 3.63) is 95.8 Å². The molecule has 3 aliphatic rings. The third-order valence-electron chi connectivity index (χ3n) is 8.76. The first-order valence-corrected chi connectivity index (χ1v) is 13.7. The van der Waals surface area contributed by atoms with Crippen molar-refractivity contribution in [2.75, 3.05) is 11.5 Å². The van der Waals surface area contributed by atoms with Crippen molar-refractivity contribution in [3.63, 3.8) is 0 Å². The summed E-state index contributed by atoms with van der Waals surface area (Å²) in [5, 5.41) is 0.555. The highest BCUT2D eigenvalue weighted by Gasteiger charge is 2.61. The van der Waals surface area contributed by atoms with Crippen LogP contribution in [0.1, 0.15) is 40.0 Å². The number of esters is 1. The number of hydrogen-bond donors (Lipinski definition) is 0. The highest BCUT2D eigenvalue weighted by atomic mass is 19.1. The van der Waals surface area contributed by atoms with E-state index in [-0.39, 0.29) is 34.8 Å². The predicted molar refractivity (Wildman–Crippen MR) is 148 cm³/mol. The summed E-state index contributed by atoms with van der Waals surface area (Å²) in [4.78, 5) is 58.6. The van der Waals surface area contributed by atoms with Gasteiger partial charge in [0, 0.05) is 16.5 Å². The Morgan fingerprint density at radius 2 is 1.59 bits per heavy atom. The van der Waals surface area contributed by atoms with Crippen LogP contribution in [0.15, 0.2) is 78.9 Å². The zero-order chi connectivity index (χ0) is 28.2. The monoisotopic (exact) mass is 548 g/mol. The van der Waals surface area contributed by atoms with Gasteiger partial charge in [-0.2, -0.15) is 0 Å². The van der Waals surface area contributed by atoms with Gasteiger partial charge in [-0.3, -0.25) is 19.3 Å². The zero-order valence-corrected chi connectivity index (χ0v) is 22.0. The van der Waals surface area contributed by atoms with Crippen LogP contribution in [0.25, 0.3) is 22.2 Å². The topological polar surface area (TPSA) is 93.6 Å². The van der Waals surface area contributed by atoms with Crippen LogP contribution in [-0.4, -0.2) is 35.2 Å². The van der Waals surface area contributed by atoms with Gasteiger partial charge in [0.15, 0.2) is 12.4 Å². The summed E-state index contributed by atoms with van der Waals surface area (Å²) in [5.74, 6) is -1.72. The zero-order valence-electron chi connectivity index (χ0n) is 22.0. The first kappa shape index (κ1) is 25.3. The van der Waals surface area contributed by atoms with Crippen LogP contribution in [-0.2, 0) is 14.3 Å². The summed E-state index contributed by atoms with van der Waals surface area (Å²) in [6.45, 7) is -0.505. The van der Waals surface area contributed by atoms with Crippen LogP contribution in [0.2, 0.25) is 0 Å². The second kappa shape index (κ2) is 9.73. The second-order valence-electron chi connectivity index (χ2n) is 11.0. The van der Waals surface area contributed by atoms with Gasteiger partial charge in [0.05, 0.1) is 34.3 Å². The van der Waals surface area contributed by atoms with Gasteiger partial charge < -0.3 is 4.74 Å². The number of benzene rings is 3. The number of halogens is 1. The van der Waals surface area contributed by atoms with E-state index in [0.29, 0.717) is 39.7 Å². The molecular weight excluding hydrogens is 523 g/mol. The fourth-order valence-corrected chi connectivity index (χ4v) is 6.89. The fourth-order valence-electron chi connectivity index (χ4n) is 6.89. The Kier molecular flexibility index (Phi) is 5.99. The largest absolute Gasteiger partial charge is 0.454 e. The molecule has 7 rings (SSSR count). The number of anilines is 1. The van der Waals surface area contributed by atoms with E-state index in [9.17, 15) is 23.6 Å². The van der Waals surface area contributed by atoms with Crippen molar-refractivity contribution in [1.82, 2.24) is 4.98 Å². The molecule has 0 N–H and O–H groups in total. The van der Waals surface area contributed by atoms with Crippen molar-refractivity contribution in [1.29, 1.82) is 0 Å². The first-order chi connectivity index (χ1) is 19.9. The van der Waals surface area contributed by atoms with Crippen LogP contribution in [0.4, 0.5) is 10.1 Å². The molecule has 0 radical (unpaired) electrons. The molecular formula is C33H25FN2O5. The minimum Gasteiger partial charge on any atom is -0.454 e. The van der Waals surface area contributed by atoms with Crippen molar-refractivity contribution >= 4 is 40.2 Å². The van der Waals surface area contributed by atoms with Gasteiger partial charge in [-0.15, -0.1) is 0 Å². The maximum Gasteiger partial charge on any atom is 0.339 e. The predicted octanol–water partition coefficient (Wildman–Crippen LogP) is 5.62. The van der Waals surface area contributed by atoms with E-state index in [2.05, 4.69) is 0 Å². The molecule has 204 valence electrons. The standard InChI is InChI=1S/C33H25FN2O5/c34-22-12-10-18(11-13-22)28(37)17-41-33(40)25-16-27(35-26-7-2-1-6-24(25)26)19-4-3-5-23(15-19)36-31(38)29-20-8-9-21(14-20)30(29)32(36)39/h1-7,10-13,15-16,20-21,29-30H,8-9,14,17H2. The van der Waals surface area contributed by atoms with Gasteiger partial charge in [0.2, 0.25) is 11.8 Å². The Balaban J connectivity index is 1.19. The average molecular weight is 549 g/mol. The van der Waals surface area contributed by atoms with Crippen LogP contribution in [0.3, 0.4) is 0 Å². The molecule has 2 aliphatic carbocycles. The fraction of sp³-hybridized carbons (Fsp3) is 0.242. The molecule has 2 amide bonds. The lowest BCUT2D eigenvalue weighted by Crippen LogP contribution is -2.32. The third-order valence-corrected chi connectivity index (χ3v) is 8.76. The average Bonchev–Trinajstić information content (AvgIpc) is 3.69. The number of pyridine rings is 1. The number of aromatic nitrogens is 1. The van der Waals surface area contributed by atoms with E-state index < -0.39 is 24.2 Å². The number of hydrogen-bond acceptors (Lipinski definition) is 6. The van der Waals surface area contributed by atoms with Crippen LogP contribution in [0, 0.1) is 29.5 Å². The molecule has 4 unspecified atom stereocenters. The van der Waals surface area contributed by atoms with E-state index >= 15 is 0 Å². The van der Waals surface area contributed by atoms with Crippen LogP contribution in [0.5, 0.6) is 0 Å². The van der Waals surface area contributed by atoms with Gasteiger partial charge in [-0.1, -0.05) is 30.3 Å². The van der Waals surface area contributed by atoms with Gasteiger partial charge >= 0.3 is 5.97 Å². The van der Waals surface area contributed by atoms with E-state index in [0.717, 1.165) is 19.3 Å². The highest BCUT2D eigenvalue weighted by molar-refractivity contribution is 6.22. The second-order valence-corrected chi connectivity index (χ2v) is 11.0. The molecule has 2 heterocycles. The number of rotatable bonds is 6. The molecule has 4 aromatic rings. The van der Waals surface area contributed by atoms with Gasteiger partial charge in [-0.05, 0) is 79.6 Å². The van der Waals surface area contributed by atoms with E-state index in [1.165, 1.54) is 29.2 Å². The number of nitrogens with zero attached hydrogens (tertiary/aromatic N) is 2. The Morgan fingerprint density at radius 1 is 0.878 bits per heavy atom. The molecule has 7 nitrogen and oxygen atoms in total. The van der Waals surface area contributed by atoms with Gasteiger partial charge in [0.25, 0.3) is 0 Å². The number of ether oxygens (including phenoxy) is 1. The maximum atomic E-state index is 13.4. The Bertz CT molecular complexity index is 1720. The molecule has 0 spiro atoms. The van der Waals surface area contributed by atoms with Gasteiger partial charge in [-0.25, -0.2) is 14.2 Å². The van der Waals surface area contributed by atoms with E-state index in [1.807, 2.05) is 6.07 Å². The molecule has 8 heteroatoms. The van der Waals surface area contributed by atoms with Crippen molar-refractivity contribution in [2.24, 2.45) is 23.7 Å². The quantitative estimate of drug-likeness (QED) is 0.177. The molecule has 4 atom stereocenters. The molecule has 3 fully saturated rings. The molecule has 1 aliphatic heterocycles. The molecule has 2 saturated carbocycles. The third kappa shape index (κ3) is 4.22. The molecule has 1 saturated heterocycles. The molecule has 2 bridgehead atoms. The Labute approximate surface area is 234 Å². The van der Waals surface area contributed by atoms with Crippen molar-refractivity contribution in [2.45, 2.75) is 19.3 Å². The summed E-state index contributed by atoms with van der Waals surface area (Å²) in [7, 11) is 0. The van der Waals surface area contributed by atoms with E-state index in [1.54, 1.807) is 48.5 Å². The number of ketones is 1. The lowest BCUT2D eigenvalue weighted by atomic mass is 9.81. The number of Topliss-reactive ketones (excluding diaryl/α,β-unsaturated/α-hetero) is 1. The molecule has 41 heavy (non-hydrogen) atoms. The summed E-state index contributed by atoms with van der Waals surface area (Å²) in [5.41, 5.74) is 2.59. The number of imide groups is 1. The van der Waals surface area contributed by atoms with Crippen LogP contribution < -0.4 is 4.90 Å². The smallest absolute Gasteiger partial charge is 0.339 e. The highest BCUT2D eigenvalue weighted by Crippen LogP contribution is 2.56. The van der Waals surface area contributed by atoms with Gasteiger partial charge in [0.1, 0.15) is 5.82 Å². The minimum absolute atomic E-state index is 0.120. The minimum atomic E-state index is -0.704. The lowest BCUT2D eigenvalue weighted by molar-refractivity contribution is -0.123. The van der Waals surface area contributed by atoms with Crippen molar-refractivity contribution in [3.8, 4) is 11.3 Å². The van der Waals surface area contributed by atoms with Crippen molar-refractivity contribution < 1.29 is 28.3 Å². The normalized spacial score (nSPS) is 22.8. The summed E-state index contributed by atoms with van der Waals surface area (Å²) < 4.78 is 18.6. The number of carbonyl (C=O) groups is 4. The number of carbonyl (C=O) groups excluding carboxylic acids is 4. The number of amides is 2. The molecule has 3 aromatic carbocycles. The SMILES string of the molecule is O=C(COC(=O)c1cc(-c2cccc(N3C(=O)C4C5CCC(C5)C4C3=O)c2)nc2ccccc12)c1ccc(F)cc1. The number of fused-ring (bicyclic) bond motifs is 6. The summed E-state index contributed by atoms with van der Waals surface area (Å²) in [6, 6.07) is 20.8. The maximum absolute atomic E-state index is 13.4. The van der Waals surface area contributed by atoms with Crippen LogP contribution >= 0.6 is 0 Å². The Morgan fingerprint density at radius 3 is 2.32 bits per heavy atom. The molecule has 1 aromatic heterocycles. The van der Waals surface area contributed by atoms with E-state index in [4.69, 9.17) is 9.72 Å². The summed E-state index contributed by atoms with van der Waals surface area (Å²) >= 11 is 0.